The van der Waals surface area contributed by atoms with Crippen molar-refractivity contribution < 1.29 is 28.6 Å². The SMILES string of the molecule is CC(=O)OC(CO)c1cccc(C(=O)C(C(=O)c2cccc(F)c2)=C2Nc3ccccc3N2)c1. The number of anilines is 2. The van der Waals surface area contributed by atoms with Gasteiger partial charge in [-0.1, -0.05) is 42.5 Å². The normalized spacial score (nSPS) is 12.7. The maximum atomic E-state index is 13.8. The molecule has 0 spiro atoms. The van der Waals surface area contributed by atoms with Gasteiger partial charge in [-0.15, -0.1) is 0 Å². The predicted octanol–water partition coefficient (Wildman–Crippen LogP) is 4.24. The summed E-state index contributed by atoms with van der Waals surface area (Å²) in [6.45, 7) is 0.735. The summed E-state index contributed by atoms with van der Waals surface area (Å²) in [6, 6.07) is 18.4. The van der Waals surface area contributed by atoms with Gasteiger partial charge in [0, 0.05) is 18.1 Å². The summed E-state index contributed by atoms with van der Waals surface area (Å²) in [6.07, 6.45) is -0.966. The Balaban J connectivity index is 1.78. The summed E-state index contributed by atoms with van der Waals surface area (Å²) in [5, 5.41) is 15.7. The van der Waals surface area contributed by atoms with E-state index < -0.39 is 36.1 Å². The number of ether oxygens (including phenoxy) is 1. The Bertz CT molecular complexity index is 1290. The number of fused-ring (bicyclic) bond motifs is 1. The molecule has 172 valence electrons. The molecule has 3 aromatic rings. The van der Waals surface area contributed by atoms with E-state index in [1.807, 2.05) is 0 Å². The fraction of sp³-hybridized carbons (Fsp3) is 0.115. The summed E-state index contributed by atoms with van der Waals surface area (Å²) in [5.41, 5.74) is 1.68. The molecule has 7 nitrogen and oxygen atoms in total. The van der Waals surface area contributed by atoms with E-state index in [1.165, 1.54) is 37.3 Å². The molecule has 0 fully saturated rings. The lowest BCUT2D eigenvalue weighted by Gasteiger charge is -2.16. The second kappa shape index (κ2) is 9.68. The molecule has 0 saturated heterocycles. The van der Waals surface area contributed by atoms with Crippen LogP contribution in [0.4, 0.5) is 15.8 Å². The second-order valence-corrected chi connectivity index (χ2v) is 7.62. The molecule has 0 aliphatic carbocycles. The van der Waals surface area contributed by atoms with Crippen LogP contribution in [-0.4, -0.2) is 29.2 Å². The van der Waals surface area contributed by atoms with Gasteiger partial charge in [-0.2, -0.15) is 0 Å². The number of nitrogens with one attached hydrogen (secondary N) is 2. The number of rotatable bonds is 7. The first-order valence-corrected chi connectivity index (χ1v) is 10.5. The standard InChI is InChI=1S/C26H21FN2O5/c1-15(31)34-22(14-30)16-6-4-7-17(12-16)24(32)23(25(33)18-8-5-9-19(27)13-18)26-28-20-10-2-3-11-21(20)29-26/h2-13,22,28-30H,14H2,1H3. The topological polar surface area (TPSA) is 105 Å². The smallest absolute Gasteiger partial charge is 0.303 e. The number of ketones is 2. The van der Waals surface area contributed by atoms with Gasteiger partial charge in [0.25, 0.3) is 0 Å². The van der Waals surface area contributed by atoms with Crippen molar-refractivity contribution in [1.29, 1.82) is 0 Å². The van der Waals surface area contributed by atoms with Crippen molar-refractivity contribution in [1.82, 2.24) is 0 Å². The van der Waals surface area contributed by atoms with Crippen molar-refractivity contribution in [2.75, 3.05) is 17.2 Å². The van der Waals surface area contributed by atoms with E-state index in [4.69, 9.17) is 4.74 Å². The number of hydrogen-bond acceptors (Lipinski definition) is 7. The maximum absolute atomic E-state index is 13.8. The molecule has 8 heteroatoms. The van der Waals surface area contributed by atoms with Crippen molar-refractivity contribution in [2.24, 2.45) is 0 Å². The van der Waals surface area contributed by atoms with Gasteiger partial charge in [-0.25, -0.2) is 4.39 Å². The first-order chi connectivity index (χ1) is 16.4. The number of carbonyl (C=O) groups is 3. The number of para-hydroxylation sites is 2. The quantitative estimate of drug-likeness (QED) is 0.159. The van der Waals surface area contributed by atoms with Gasteiger partial charge in [0.2, 0.25) is 11.6 Å². The molecule has 1 unspecified atom stereocenters. The highest BCUT2D eigenvalue weighted by atomic mass is 19.1. The summed E-state index contributed by atoms with van der Waals surface area (Å²) in [4.78, 5) is 38.5. The number of halogens is 1. The third-order valence-corrected chi connectivity index (χ3v) is 5.23. The van der Waals surface area contributed by atoms with E-state index in [-0.39, 0.29) is 22.5 Å². The van der Waals surface area contributed by atoms with Gasteiger partial charge >= 0.3 is 5.97 Å². The average Bonchev–Trinajstić information content (AvgIpc) is 3.26. The van der Waals surface area contributed by atoms with Gasteiger partial charge in [0.05, 0.1) is 18.0 Å². The molecule has 3 aromatic carbocycles. The highest BCUT2D eigenvalue weighted by Crippen LogP contribution is 2.33. The molecule has 34 heavy (non-hydrogen) atoms. The van der Waals surface area contributed by atoms with E-state index in [2.05, 4.69) is 10.6 Å². The van der Waals surface area contributed by atoms with Gasteiger partial charge < -0.3 is 20.5 Å². The molecular weight excluding hydrogens is 439 g/mol. The Morgan fingerprint density at radius 1 is 0.882 bits per heavy atom. The van der Waals surface area contributed by atoms with Crippen LogP contribution in [0.5, 0.6) is 0 Å². The molecule has 4 rings (SSSR count). The molecule has 1 aliphatic rings. The minimum atomic E-state index is -0.966. The summed E-state index contributed by atoms with van der Waals surface area (Å²) >= 11 is 0. The van der Waals surface area contributed by atoms with Crippen LogP contribution in [0.15, 0.2) is 84.2 Å². The van der Waals surface area contributed by atoms with Crippen molar-refractivity contribution in [2.45, 2.75) is 13.0 Å². The zero-order valence-electron chi connectivity index (χ0n) is 18.2. The minimum Gasteiger partial charge on any atom is -0.455 e. The molecule has 0 radical (unpaired) electrons. The van der Waals surface area contributed by atoms with Gasteiger partial charge in [-0.05, 0) is 35.9 Å². The number of benzene rings is 3. The van der Waals surface area contributed by atoms with Crippen molar-refractivity contribution in [3.8, 4) is 0 Å². The Morgan fingerprint density at radius 3 is 2.03 bits per heavy atom. The van der Waals surface area contributed by atoms with Gasteiger partial charge in [-0.3, -0.25) is 14.4 Å². The second-order valence-electron chi connectivity index (χ2n) is 7.62. The summed E-state index contributed by atoms with van der Waals surface area (Å²) in [5.74, 6) is -2.32. The Morgan fingerprint density at radius 2 is 1.47 bits per heavy atom. The lowest BCUT2D eigenvalue weighted by atomic mass is 9.94. The Hall–Kier alpha value is -4.30. The van der Waals surface area contributed by atoms with Crippen molar-refractivity contribution in [3.63, 3.8) is 0 Å². The molecule has 0 amide bonds. The van der Waals surface area contributed by atoms with Gasteiger partial charge in [0.1, 0.15) is 23.3 Å². The Labute approximate surface area is 194 Å². The van der Waals surface area contributed by atoms with Gasteiger partial charge in [0.15, 0.2) is 0 Å². The van der Waals surface area contributed by atoms with Crippen LogP contribution >= 0.6 is 0 Å². The van der Waals surface area contributed by atoms with Crippen LogP contribution in [-0.2, 0) is 9.53 Å². The minimum absolute atomic E-state index is 0.0136. The Kier molecular flexibility index (Phi) is 6.51. The zero-order chi connectivity index (χ0) is 24.2. The van der Waals surface area contributed by atoms with Crippen LogP contribution in [0, 0.1) is 5.82 Å². The molecule has 0 aromatic heterocycles. The largest absolute Gasteiger partial charge is 0.455 e. The predicted molar refractivity (Wildman–Crippen MR) is 124 cm³/mol. The number of Topliss-reactive ketones (excluding diaryl/α,β-unsaturated/α-hetero) is 2. The summed E-state index contributed by atoms with van der Waals surface area (Å²) in [7, 11) is 0. The lowest BCUT2D eigenvalue weighted by Crippen LogP contribution is -2.21. The number of hydrogen-bond donors (Lipinski definition) is 3. The van der Waals surface area contributed by atoms with Crippen LogP contribution < -0.4 is 10.6 Å². The van der Waals surface area contributed by atoms with E-state index in [0.717, 1.165) is 6.07 Å². The molecule has 1 atom stereocenters. The third kappa shape index (κ3) is 4.72. The molecule has 3 N–H and O–H groups in total. The molecule has 1 heterocycles. The van der Waals surface area contributed by atoms with Crippen LogP contribution in [0.1, 0.15) is 39.3 Å². The maximum Gasteiger partial charge on any atom is 0.303 e. The highest BCUT2D eigenvalue weighted by molar-refractivity contribution is 6.32. The molecule has 0 saturated carbocycles. The molecule has 1 aliphatic heterocycles. The first-order valence-electron chi connectivity index (χ1n) is 10.5. The lowest BCUT2D eigenvalue weighted by molar-refractivity contribution is -0.148. The number of allylic oxidation sites excluding steroid dienone is 1. The zero-order valence-corrected chi connectivity index (χ0v) is 18.2. The third-order valence-electron chi connectivity index (χ3n) is 5.23. The fourth-order valence-electron chi connectivity index (χ4n) is 3.67. The number of esters is 1. The van der Waals surface area contributed by atoms with E-state index in [9.17, 15) is 23.9 Å². The van der Waals surface area contributed by atoms with Crippen LogP contribution in [0.3, 0.4) is 0 Å². The number of aliphatic hydroxyl groups is 1. The van der Waals surface area contributed by atoms with Crippen LogP contribution in [0.25, 0.3) is 0 Å². The molecule has 0 bridgehead atoms. The highest BCUT2D eigenvalue weighted by Gasteiger charge is 2.30. The fourth-order valence-corrected chi connectivity index (χ4v) is 3.67. The number of carbonyl (C=O) groups excluding carboxylic acids is 3. The van der Waals surface area contributed by atoms with E-state index in [0.29, 0.717) is 16.9 Å². The molecular formula is C26H21FN2O5. The monoisotopic (exact) mass is 460 g/mol. The van der Waals surface area contributed by atoms with Crippen LogP contribution in [0.2, 0.25) is 0 Å². The average molecular weight is 460 g/mol. The first kappa shape index (κ1) is 22.9. The number of aliphatic hydroxyl groups excluding tert-OH is 1. The van der Waals surface area contributed by atoms with E-state index >= 15 is 0 Å². The van der Waals surface area contributed by atoms with Crippen molar-refractivity contribution >= 4 is 28.9 Å². The van der Waals surface area contributed by atoms with Crippen molar-refractivity contribution in [3.05, 3.63) is 107 Å². The summed E-state index contributed by atoms with van der Waals surface area (Å²) < 4.78 is 18.9. The van der Waals surface area contributed by atoms with E-state index in [1.54, 1.807) is 36.4 Å².